The fourth-order valence-corrected chi connectivity index (χ4v) is 4.53. The quantitative estimate of drug-likeness (QED) is 0.461. The lowest BCUT2D eigenvalue weighted by atomic mass is 10.1. The molecule has 0 spiro atoms. The molecule has 5 rings (SSSR count). The number of hydrogen-bond acceptors (Lipinski definition) is 8. The summed E-state index contributed by atoms with van der Waals surface area (Å²) in [6, 6.07) is 5.99. The first-order valence-corrected chi connectivity index (χ1v) is 11.1. The lowest BCUT2D eigenvalue weighted by Gasteiger charge is -2.22. The Balaban J connectivity index is 1.52. The summed E-state index contributed by atoms with van der Waals surface area (Å²) < 4.78 is 8.99. The summed E-state index contributed by atoms with van der Waals surface area (Å²) in [6.45, 7) is 3.92. The minimum Gasteiger partial charge on any atom is -0.495 e. The zero-order chi connectivity index (χ0) is 22.9. The van der Waals surface area contributed by atoms with E-state index in [1.165, 1.54) is 0 Å². The van der Waals surface area contributed by atoms with E-state index in [1.807, 2.05) is 29.9 Å². The number of aryl methyl sites for hydroxylation is 1. The molecule has 0 radical (unpaired) electrons. The third kappa shape index (κ3) is 4.03. The molecule has 0 bridgehead atoms. The molecule has 1 fully saturated rings. The number of benzene rings is 1. The van der Waals surface area contributed by atoms with Gasteiger partial charge in [-0.2, -0.15) is 9.78 Å². The third-order valence-corrected chi connectivity index (χ3v) is 6.19. The average Bonchev–Trinajstić information content (AvgIpc) is 3.50. The normalized spacial score (nSPS) is 14.5. The summed E-state index contributed by atoms with van der Waals surface area (Å²) in [5.41, 5.74) is 10.3. The minimum absolute atomic E-state index is 0.330. The van der Waals surface area contributed by atoms with Gasteiger partial charge in [-0.25, -0.2) is 4.98 Å². The Hall–Kier alpha value is -3.50. The summed E-state index contributed by atoms with van der Waals surface area (Å²) in [4.78, 5) is 4.41. The summed E-state index contributed by atoms with van der Waals surface area (Å²) >= 11 is 6.40. The molecule has 4 heterocycles. The van der Waals surface area contributed by atoms with Crippen molar-refractivity contribution in [1.29, 1.82) is 0 Å². The van der Waals surface area contributed by atoms with Gasteiger partial charge in [0.15, 0.2) is 5.82 Å². The molecule has 0 atom stereocenters. The molecule has 1 aliphatic rings. The Labute approximate surface area is 195 Å². The minimum atomic E-state index is 0.330. The van der Waals surface area contributed by atoms with Gasteiger partial charge < -0.3 is 15.8 Å². The van der Waals surface area contributed by atoms with E-state index < -0.39 is 0 Å². The number of methoxy groups -OCH3 is 1. The largest absolute Gasteiger partial charge is 0.495 e. The van der Waals surface area contributed by atoms with Crippen LogP contribution in [0.5, 0.6) is 5.75 Å². The summed E-state index contributed by atoms with van der Waals surface area (Å²) in [5.74, 6) is 1.41. The first-order chi connectivity index (χ1) is 16.0. The lowest BCUT2D eigenvalue weighted by Crippen LogP contribution is -2.29. The van der Waals surface area contributed by atoms with E-state index in [1.54, 1.807) is 24.1 Å². The first kappa shape index (κ1) is 21.4. The molecule has 3 N–H and O–H groups in total. The van der Waals surface area contributed by atoms with E-state index in [4.69, 9.17) is 22.1 Å². The maximum Gasteiger partial charge on any atom is 0.190 e. The van der Waals surface area contributed by atoms with Crippen molar-refractivity contribution in [3.63, 3.8) is 0 Å². The van der Waals surface area contributed by atoms with Crippen molar-refractivity contribution in [2.75, 3.05) is 25.9 Å². The van der Waals surface area contributed by atoms with Gasteiger partial charge in [-0.1, -0.05) is 11.6 Å². The fourth-order valence-electron chi connectivity index (χ4n) is 4.19. The number of aromatic nitrogens is 7. The second kappa shape index (κ2) is 8.80. The van der Waals surface area contributed by atoms with Crippen LogP contribution in [0.15, 0.2) is 36.8 Å². The van der Waals surface area contributed by atoms with Gasteiger partial charge in [-0.05, 0) is 67.0 Å². The molecule has 10 nitrogen and oxygen atoms in total. The van der Waals surface area contributed by atoms with Crippen LogP contribution < -0.4 is 15.8 Å². The summed E-state index contributed by atoms with van der Waals surface area (Å²) in [6.07, 6.45) is 7.78. The van der Waals surface area contributed by atoms with Crippen molar-refractivity contribution >= 4 is 17.4 Å². The second-order valence-corrected chi connectivity index (χ2v) is 8.45. The zero-order valence-corrected chi connectivity index (χ0v) is 19.1. The average molecular weight is 466 g/mol. The Bertz CT molecular complexity index is 1270. The number of nitrogens with two attached hydrogens (primary N) is 1. The second-order valence-electron chi connectivity index (χ2n) is 8.04. The van der Waals surface area contributed by atoms with Crippen LogP contribution in [0.2, 0.25) is 5.02 Å². The van der Waals surface area contributed by atoms with Crippen molar-refractivity contribution < 1.29 is 4.74 Å². The van der Waals surface area contributed by atoms with E-state index in [2.05, 4.69) is 37.1 Å². The fraction of sp³-hybridized carbons (Fsp3) is 0.318. The Kier molecular flexibility index (Phi) is 5.69. The molecule has 11 heteroatoms. The number of anilines is 1. The number of pyridine rings is 1. The van der Waals surface area contributed by atoms with Crippen LogP contribution in [0, 0.1) is 6.92 Å². The number of nitrogens with zero attached hydrogens (tertiary/aromatic N) is 7. The van der Waals surface area contributed by atoms with Crippen LogP contribution in [0.3, 0.4) is 0 Å². The Morgan fingerprint density at radius 2 is 1.97 bits per heavy atom. The van der Waals surface area contributed by atoms with Gasteiger partial charge in [0.05, 0.1) is 35.6 Å². The highest BCUT2D eigenvalue weighted by molar-refractivity contribution is 6.32. The SMILES string of the molecule is COc1c(C)cc(-n2nnnc2-c2cc(-c3cnn(C4CCNCC4)c3)cnc2N)cc1Cl. The van der Waals surface area contributed by atoms with Crippen molar-refractivity contribution in [2.24, 2.45) is 0 Å². The van der Waals surface area contributed by atoms with E-state index >= 15 is 0 Å². The number of hydrogen-bond donors (Lipinski definition) is 2. The topological polar surface area (TPSA) is 122 Å². The monoisotopic (exact) mass is 465 g/mol. The van der Waals surface area contributed by atoms with E-state index in [0.717, 1.165) is 42.6 Å². The number of halogens is 1. The molecular formula is C22H24ClN9O. The Morgan fingerprint density at radius 1 is 1.15 bits per heavy atom. The third-order valence-electron chi connectivity index (χ3n) is 5.91. The maximum atomic E-state index is 6.40. The van der Waals surface area contributed by atoms with Crippen molar-refractivity contribution in [2.45, 2.75) is 25.8 Å². The van der Waals surface area contributed by atoms with Gasteiger partial charge in [0.2, 0.25) is 0 Å². The molecule has 33 heavy (non-hydrogen) atoms. The molecule has 0 saturated carbocycles. The van der Waals surface area contributed by atoms with E-state index in [9.17, 15) is 0 Å². The van der Waals surface area contributed by atoms with Crippen LogP contribution in [0.1, 0.15) is 24.4 Å². The van der Waals surface area contributed by atoms with Crippen LogP contribution >= 0.6 is 11.6 Å². The van der Waals surface area contributed by atoms with E-state index in [0.29, 0.717) is 39.7 Å². The predicted molar refractivity (Wildman–Crippen MR) is 125 cm³/mol. The number of tetrazole rings is 1. The highest BCUT2D eigenvalue weighted by Gasteiger charge is 2.19. The van der Waals surface area contributed by atoms with Gasteiger partial charge in [0.1, 0.15) is 11.6 Å². The van der Waals surface area contributed by atoms with Crippen molar-refractivity contribution in [3.8, 4) is 34.0 Å². The highest BCUT2D eigenvalue weighted by atomic mass is 35.5. The summed E-state index contributed by atoms with van der Waals surface area (Å²) in [5, 5.41) is 20.7. The smallest absolute Gasteiger partial charge is 0.190 e. The van der Waals surface area contributed by atoms with Crippen LogP contribution in [0.25, 0.3) is 28.2 Å². The van der Waals surface area contributed by atoms with Gasteiger partial charge in [0.25, 0.3) is 0 Å². The van der Waals surface area contributed by atoms with Crippen LogP contribution in [-0.2, 0) is 0 Å². The summed E-state index contributed by atoms with van der Waals surface area (Å²) in [7, 11) is 1.58. The Morgan fingerprint density at radius 3 is 2.73 bits per heavy atom. The van der Waals surface area contributed by atoms with Crippen LogP contribution in [-0.4, -0.2) is 55.2 Å². The van der Waals surface area contributed by atoms with Crippen molar-refractivity contribution in [1.82, 2.24) is 40.3 Å². The van der Waals surface area contributed by atoms with Gasteiger partial charge >= 0.3 is 0 Å². The molecule has 1 aromatic carbocycles. The molecule has 1 saturated heterocycles. The number of ether oxygens (including phenoxy) is 1. The van der Waals surface area contributed by atoms with Crippen LogP contribution in [0.4, 0.5) is 5.82 Å². The van der Waals surface area contributed by atoms with Gasteiger partial charge in [-0.15, -0.1) is 5.10 Å². The standard InChI is InChI=1S/C22H24ClN9O/c1-13-7-17(9-19(23)20(13)33-2)32-22(28-29-30-32)18-8-14(10-26-21(18)24)15-11-27-31(12-15)16-3-5-25-6-4-16/h7-12,16,25H,3-6H2,1-2H3,(H2,24,26). The molecular weight excluding hydrogens is 442 g/mol. The number of nitrogen functional groups attached to an aromatic ring is 1. The van der Waals surface area contributed by atoms with E-state index in [-0.39, 0.29) is 0 Å². The molecule has 4 aromatic rings. The van der Waals surface area contributed by atoms with Gasteiger partial charge in [-0.3, -0.25) is 4.68 Å². The van der Waals surface area contributed by atoms with Crippen molar-refractivity contribution in [3.05, 3.63) is 47.4 Å². The predicted octanol–water partition coefficient (Wildman–Crippen LogP) is 3.06. The zero-order valence-electron chi connectivity index (χ0n) is 18.4. The lowest BCUT2D eigenvalue weighted by molar-refractivity contribution is 0.343. The number of nitrogens with one attached hydrogen (secondary N) is 1. The van der Waals surface area contributed by atoms with Gasteiger partial charge in [0, 0.05) is 23.5 Å². The number of piperidine rings is 1. The highest BCUT2D eigenvalue weighted by Crippen LogP contribution is 2.34. The molecule has 0 amide bonds. The molecule has 1 aliphatic heterocycles. The molecule has 0 aliphatic carbocycles. The molecule has 170 valence electrons. The number of rotatable bonds is 5. The first-order valence-electron chi connectivity index (χ1n) is 10.7. The molecule has 3 aromatic heterocycles. The maximum absolute atomic E-state index is 6.40. The molecule has 0 unspecified atom stereocenters.